The standard InChI is InChI=1S/C17H18F2N2O2/c1-23-16(13-3-2-4-15(19)9-13)11-21-17(22)20-10-12-5-7-14(18)8-6-12/h2-9,16H,10-11H2,1H3,(H2,20,21,22)/t16-/m0/s1. The van der Waals surface area contributed by atoms with Crippen molar-refractivity contribution in [3.8, 4) is 0 Å². The highest BCUT2D eigenvalue weighted by atomic mass is 19.1. The Morgan fingerprint density at radius 3 is 2.48 bits per heavy atom. The third kappa shape index (κ3) is 5.34. The molecule has 122 valence electrons. The van der Waals surface area contributed by atoms with Crippen LogP contribution in [0.15, 0.2) is 48.5 Å². The van der Waals surface area contributed by atoms with Crippen LogP contribution in [0.1, 0.15) is 17.2 Å². The summed E-state index contributed by atoms with van der Waals surface area (Å²) < 4.78 is 31.3. The number of carbonyl (C=O) groups excluding carboxylic acids is 1. The minimum atomic E-state index is -0.442. The molecule has 0 aliphatic carbocycles. The molecule has 0 bridgehead atoms. The lowest BCUT2D eigenvalue weighted by Crippen LogP contribution is -2.37. The van der Waals surface area contributed by atoms with E-state index >= 15 is 0 Å². The van der Waals surface area contributed by atoms with Gasteiger partial charge >= 0.3 is 6.03 Å². The van der Waals surface area contributed by atoms with E-state index in [1.165, 1.54) is 31.4 Å². The molecule has 0 aliphatic rings. The first-order chi connectivity index (χ1) is 11.1. The molecule has 0 fully saturated rings. The van der Waals surface area contributed by atoms with Crippen molar-refractivity contribution in [2.45, 2.75) is 12.6 Å². The fraction of sp³-hybridized carbons (Fsp3) is 0.235. The van der Waals surface area contributed by atoms with Crippen molar-refractivity contribution in [2.24, 2.45) is 0 Å². The summed E-state index contributed by atoms with van der Waals surface area (Å²) in [5.74, 6) is -0.679. The Bertz CT molecular complexity index is 647. The molecule has 2 aromatic rings. The van der Waals surface area contributed by atoms with E-state index in [9.17, 15) is 13.6 Å². The second kappa shape index (κ2) is 8.24. The molecule has 2 aromatic carbocycles. The zero-order valence-corrected chi connectivity index (χ0v) is 12.7. The molecular formula is C17H18F2N2O2. The van der Waals surface area contributed by atoms with Gasteiger partial charge in [0, 0.05) is 20.2 Å². The largest absolute Gasteiger partial charge is 0.375 e. The van der Waals surface area contributed by atoms with Gasteiger partial charge in [-0.2, -0.15) is 0 Å². The summed E-state index contributed by atoms with van der Waals surface area (Å²) in [6.45, 7) is 0.485. The van der Waals surface area contributed by atoms with Crippen molar-refractivity contribution in [1.82, 2.24) is 10.6 Å². The first-order valence-corrected chi connectivity index (χ1v) is 7.13. The Labute approximate surface area is 133 Å². The van der Waals surface area contributed by atoms with Crippen molar-refractivity contribution in [3.63, 3.8) is 0 Å². The second-order valence-corrected chi connectivity index (χ2v) is 4.97. The van der Waals surface area contributed by atoms with Crippen molar-refractivity contribution in [1.29, 1.82) is 0 Å². The van der Waals surface area contributed by atoms with E-state index < -0.39 is 6.10 Å². The van der Waals surface area contributed by atoms with Crippen molar-refractivity contribution in [3.05, 3.63) is 71.3 Å². The first-order valence-electron chi connectivity index (χ1n) is 7.13. The lowest BCUT2D eigenvalue weighted by Gasteiger charge is -2.17. The van der Waals surface area contributed by atoms with Crippen LogP contribution < -0.4 is 10.6 Å². The van der Waals surface area contributed by atoms with E-state index in [4.69, 9.17) is 4.74 Å². The number of benzene rings is 2. The van der Waals surface area contributed by atoms with Crippen LogP contribution in [-0.2, 0) is 11.3 Å². The highest BCUT2D eigenvalue weighted by Gasteiger charge is 2.12. The Hall–Kier alpha value is -2.47. The van der Waals surface area contributed by atoms with Gasteiger partial charge < -0.3 is 15.4 Å². The average Bonchev–Trinajstić information content (AvgIpc) is 2.55. The van der Waals surface area contributed by atoms with Gasteiger partial charge in [-0.3, -0.25) is 0 Å². The number of hydrogen-bond donors (Lipinski definition) is 2. The Kier molecular flexibility index (Phi) is 6.05. The summed E-state index contributed by atoms with van der Waals surface area (Å²) in [6.07, 6.45) is -0.442. The fourth-order valence-electron chi connectivity index (χ4n) is 2.08. The molecule has 6 heteroatoms. The lowest BCUT2D eigenvalue weighted by molar-refractivity contribution is 0.103. The van der Waals surface area contributed by atoms with Crippen LogP contribution in [-0.4, -0.2) is 19.7 Å². The van der Waals surface area contributed by atoms with Crippen LogP contribution in [0.25, 0.3) is 0 Å². The van der Waals surface area contributed by atoms with Gasteiger partial charge in [0.05, 0.1) is 6.10 Å². The average molecular weight is 320 g/mol. The fourth-order valence-corrected chi connectivity index (χ4v) is 2.08. The quantitative estimate of drug-likeness (QED) is 0.859. The number of methoxy groups -OCH3 is 1. The predicted molar refractivity (Wildman–Crippen MR) is 82.8 cm³/mol. The smallest absolute Gasteiger partial charge is 0.315 e. The summed E-state index contributed by atoms with van der Waals surface area (Å²) in [4.78, 5) is 11.8. The number of amides is 2. The molecule has 0 spiro atoms. The first kappa shape index (κ1) is 16.9. The molecule has 0 saturated carbocycles. The topological polar surface area (TPSA) is 50.4 Å². The molecule has 0 radical (unpaired) electrons. The van der Waals surface area contributed by atoms with Gasteiger partial charge in [0.1, 0.15) is 11.6 Å². The number of ether oxygens (including phenoxy) is 1. The highest BCUT2D eigenvalue weighted by molar-refractivity contribution is 5.73. The normalized spacial score (nSPS) is 11.8. The summed E-state index contributed by atoms with van der Waals surface area (Å²) in [5.41, 5.74) is 1.43. The summed E-state index contributed by atoms with van der Waals surface area (Å²) >= 11 is 0. The molecule has 0 aromatic heterocycles. The third-order valence-electron chi connectivity index (χ3n) is 3.32. The molecule has 1 atom stereocenters. The van der Waals surface area contributed by atoms with Gasteiger partial charge in [-0.1, -0.05) is 24.3 Å². The molecule has 0 saturated heterocycles. The van der Waals surface area contributed by atoms with Crippen LogP contribution in [0.2, 0.25) is 0 Å². The van der Waals surface area contributed by atoms with Gasteiger partial charge in [-0.15, -0.1) is 0 Å². The molecule has 0 heterocycles. The zero-order chi connectivity index (χ0) is 16.7. The predicted octanol–water partition coefficient (Wildman–Crippen LogP) is 3.15. The number of hydrogen-bond acceptors (Lipinski definition) is 2. The number of carbonyl (C=O) groups is 1. The zero-order valence-electron chi connectivity index (χ0n) is 12.7. The van der Waals surface area contributed by atoms with Crippen LogP contribution in [0.4, 0.5) is 13.6 Å². The van der Waals surface area contributed by atoms with Crippen LogP contribution in [0, 0.1) is 11.6 Å². The maximum atomic E-state index is 13.2. The Balaban J connectivity index is 1.81. The van der Waals surface area contributed by atoms with Crippen molar-refractivity contribution in [2.75, 3.05) is 13.7 Å². The lowest BCUT2D eigenvalue weighted by atomic mass is 10.1. The number of urea groups is 1. The van der Waals surface area contributed by atoms with E-state index in [0.717, 1.165) is 5.56 Å². The van der Waals surface area contributed by atoms with Crippen LogP contribution in [0.5, 0.6) is 0 Å². The van der Waals surface area contributed by atoms with E-state index in [1.54, 1.807) is 24.3 Å². The summed E-state index contributed by atoms with van der Waals surface area (Å²) in [6, 6.07) is 11.5. The minimum absolute atomic E-state index is 0.204. The maximum absolute atomic E-state index is 13.2. The van der Waals surface area contributed by atoms with Gasteiger partial charge in [0.25, 0.3) is 0 Å². The monoisotopic (exact) mass is 320 g/mol. The molecule has 0 unspecified atom stereocenters. The molecule has 23 heavy (non-hydrogen) atoms. The molecule has 0 aliphatic heterocycles. The van der Waals surface area contributed by atoms with Crippen LogP contribution in [0.3, 0.4) is 0 Å². The Morgan fingerprint density at radius 2 is 1.83 bits per heavy atom. The van der Waals surface area contributed by atoms with Gasteiger partial charge in [0.2, 0.25) is 0 Å². The third-order valence-corrected chi connectivity index (χ3v) is 3.32. The van der Waals surface area contributed by atoms with E-state index in [1.807, 2.05) is 0 Å². The molecule has 2 N–H and O–H groups in total. The van der Waals surface area contributed by atoms with Crippen LogP contribution >= 0.6 is 0 Å². The maximum Gasteiger partial charge on any atom is 0.315 e. The van der Waals surface area contributed by atoms with Gasteiger partial charge in [0.15, 0.2) is 0 Å². The molecule has 4 nitrogen and oxygen atoms in total. The van der Waals surface area contributed by atoms with E-state index in [0.29, 0.717) is 5.56 Å². The molecule has 2 rings (SSSR count). The number of nitrogens with one attached hydrogen (secondary N) is 2. The highest BCUT2D eigenvalue weighted by Crippen LogP contribution is 2.16. The Morgan fingerprint density at radius 1 is 1.09 bits per heavy atom. The van der Waals surface area contributed by atoms with E-state index in [2.05, 4.69) is 10.6 Å². The second-order valence-electron chi connectivity index (χ2n) is 4.97. The summed E-state index contributed by atoms with van der Waals surface area (Å²) in [7, 11) is 1.49. The molecule has 2 amide bonds. The number of halogens is 2. The minimum Gasteiger partial charge on any atom is -0.375 e. The SMILES string of the molecule is CO[C@@H](CNC(=O)NCc1ccc(F)cc1)c1cccc(F)c1. The van der Waals surface area contributed by atoms with Gasteiger partial charge in [-0.25, -0.2) is 13.6 Å². The van der Waals surface area contributed by atoms with Crippen molar-refractivity contribution >= 4 is 6.03 Å². The van der Waals surface area contributed by atoms with E-state index in [-0.39, 0.29) is 30.8 Å². The van der Waals surface area contributed by atoms with Crippen molar-refractivity contribution < 1.29 is 18.3 Å². The van der Waals surface area contributed by atoms with Gasteiger partial charge in [-0.05, 0) is 35.4 Å². The molecular weight excluding hydrogens is 302 g/mol. The summed E-state index contributed by atoms with van der Waals surface area (Å²) in [5, 5.41) is 5.32. The number of rotatable bonds is 6.